The predicted octanol–water partition coefficient (Wildman–Crippen LogP) is 23.7. The van der Waals surface area contributed by atoms with Crippen LogP contribution in [0.15, 0.2) is 188 Å². The summed E-state index contributed by atoms with van der Waals surface area (Å²) in [5, 5.41) is 61.7. The zero-order chi connectivity index (χ0) is 104. The van der Waals surface area contributed by atoms with E-state index in [0.29, 0.717) is 82.9 Å². The van der Waals surface area contributed by atoms with Crippen molar-refractivity contribution >= 4 is 217 Å². The van der Waals surface area contributed by atoms with Crippen LogP contribution in [0.1, 0.15) is 179 Å². The number of carboxylic acid groups (broad SMARTS) is 3. The number of anilines is 7. The Morgan fingerprint density at radius 3 is 1.11 bits per heavy atom. The number of benzene rings is 10. The molecule has 10 aromatic rings. The van der Waals surface area contributed by atoms with Crippen molar-refractivity contribution in [3.63, 3.8) is 0 Å². The number of nitriles is 2. The van der Waals surface area contributed by atoms with E-state index in [1.807, 2.05) is 194 Å². The molecule has 140 heavy (non-hydrogen) atoms. The van der Waals surface area contributed by atoms with Crippen molar-refractivity contribution in [3.8, 4) is 12.1 Å². The van der Waals surface area contributed by atoms with Crippen LogP contribution in [0.25, 0.3) is 4.85 Å². The Morgan fingerprint density at radius 2 is 0.757 bits per heavy atom. The third-order valence-corrected chi connectivity index (χ3v) is 26.8. The number of carbonyl (C=O) groups excluding carboxylic acids is 3. The molecule has 37 heteroatoms. The number of hydrogen-bond acceptors (Lipinski definition) is 21. The first-order chi connectivity index (χ1) is 66.5. The molecule has 0 saturated carbocycles. The first kappa shape index (κ1) is 118. The summed E-state index contributed by atoms with van der Waals surface area (Å²) in [6, 6.07) is 57.4. The molecule has 1 radical (unpaired) electrons. The van der Waals surface area contributed by atoms with Gasteiger partial charge in [-0.05, 0) is 266 Å². The van der Waals surface area contributed by atoms with Crippen molar-refractivity contribution in [1.29, 1.82) is 10.5 Å². The smallest absolute Gasteiger partial charge is 0.254 e. The average Bonchev–Trinajstić information content (AvgIpc) is 0.783. The van der Waals surface area contributed by atoms with E-state index in [2.05, 4.69) is 174 Å². The number of esters is 2. The van der Waals surface area contributed by atoms with Crippen molar-refractivity contribution in [3.05, 3.63) is 307 Å². The number of alkyl halides is 1. The van der Waals surface area contributed by atoms with Gasteiger partial charge in [-0.25, -0.2) is 46.8 Å². The van der Waals surface area contributed by atoms with Crippen molar-refractivity contribution < 1.29 is 66.4 Å². The van der Waals surface area contributed by atoms with E-state index in [1.165, 1.54) is 26.4 Å². The molecular formula is C103H117B2Br5FIN13O13S2. The quantitative estimate of drug-likeness (QED) is 0.0105. The molecule has 1 amide bonds. The molecule has 26 nitrogen and oxygen atoms in total. The summed E-state index contributed by atoms with van der Waals surface area (Å²) in [5.41, 5.74) is 21.5. The van der Waals surface area contributed by atoms with Gasteiger partial charge in [-0.2, -0.15) is 10.5 Å². The van der Waals surface area contributed by atoms with E-state index in [9.17, 15) is 57.2 Å². The third kappa shape index (κ3) is 33.2. The van der Waals surface area contributed by atoms with Gasteiger partial charge in [-0.1, -0.05) is 152 Å². The fraction of sp³-hybridized carbons (Fsp3) is 0.330. The number of aromatic carboxylic acids is 3. The van der Waals surface area contributed by atoms with E-state index < -0.39 is 38.6 Å². The zero-order valence-corrected chi connectivity index (χ0v) is 92.7. The molecule has 739 valence electrons. The maximum atomic E-state index is 14.4. The number of carboxylic acids is 3. The molecule has 4 saturated heterocycles. The molecule has 4 aliphatic heterocycles. The monoisotopic (exact) mass is 2370 g/mol. The predicted molar refractivity (Wildman–Crippen MR) is 592 cm³/mol. The number of sulfonamides is 1. The number of para-hydroxylation sites is 4. The summed E-state index contributed by atoms with van der Waals surface area (Å²) >= 11 is 21.3. The van der Waals surface area contributed by atoms with Crippen LogP contribution >= 0.6 is 115 Å². The molecule has 0 atom stereocenters. The fourth-order valence-corrected chi connectivity index (χ4v) is 18.4. The molecule has 4 heterocycles. The number of nitrogens with one attached hydrogen (secondary N) is 3. The summed E-state index contributed by atoms with van der Waals surface area (Å²) in [6.45, 7) is 36.5. The van der Waals surface area contributed by atoms with Crippen LogP contribution in [0.2, 0.25) is 0 Å². The molecule has 0 bridgehead atoms. The minimum atomic E-state index is -4.25. The Hall–Kier alpha value is -10.7. The first-order valence-corrected chi connectivity index (χ1v) is 52.9. The molecule has 0 aromatic heterocycles. The van der Waals surface area contributed by atoms with E-state index in [0.717, 1.165) is 199 Å². The van der Waals surface area contributed by atoms with Gasteiger partial charge >= 0.3 is 57.8 Å². The van der Waals surface area contributed by atoms with Crippen LogP contribution in [0.5, 0.6) is 0 Å². The third-order valence-electron chi connectivity index (χ3n) is 24.1. The van der Waals surface area contributed by atoms with Gasteiger partial charge in [0.1, 0.15) is 22.9 Å². The summed E-state index contributed by atoms with van der Waals surface area (Å²) in [5.74, 6) is -4.14. The topological polar surface area (TPSA) is 358 Å². The standard InChI is InChI=1S/C31H35FN6O3S.C22H25N3O2.C21H23N3O2.C10H11BrO2.C9H9BrO2.C9H10O2.CH3I.BBr3.BHNS/c1-21-11-12-25(35-23-13-15-36(16-14-23)27-9-5-4-8-26(27)34-3)22(2)29(21)31(39)38-19-17-37(18-20-38)28-10-6-7-24(32)30(28)42(33,40)41;1-15-8-9-19(16(2)21(15)22(26)27-3)24-18-10-12-25(13-11-18)20-7-5-4-6-17(20)14-23;1-14-7-8-18(15(2)20(14)21(25)26)23-17-9-11-24(12-10-17)19-6-4-3-5-16(19)13-22;1-6-4-5-8(11)7(2)9(6)10(12)13-3;1-5-3-4-7(10)6(2)8(5)9(11)12;1-6-4-3-5-7(2)8(6)9(10)11;1-2;2-1(3)4;1-2-3/h4-12,23,35H,13-20H2,1-2H3,(H2,33,40,41);4-9,18,24H,10-13H2,1-3H3;3-8,17,23H,9-12H2,1-2H3,(H,25,26);4-5H,1-3H3;3-4H,1-2H3,(H,11,12);3-5H,1-2H3,(H,10,11);1H3;;3H. The fourth-order valence-electron chi connectivity index (χ4n) is 16.9. The van der Waals surface area contributed by atoms with Crippen LogP contribution in [0, 0.1) is 118 Å². The Balaban J connectivity index is 0.000000269. The number of hydrogen-bond donors (Lipinski definition) is 8. The minimum absolute atomic E-state index is 0.0789. The molecular weight excluding hydrogens is 2260 g/mol. The number of aryl methyl sites for hydroxylation is 7. The van der Waals surface area contributed by atoms with Gasteiger partial charge in [-0.15, -0.1) is 47.3 Å². The number of primary sulfonamides is 1. The van der Waals surface area contributed by atoms with Crippen molar-refractivity contribution in [2.45, 2.75) is 145 Å². The van der Waals surface area contributed by atoms with E-state index in [-0.39, 0.29) is 32.8 Å². The van der Waals surface area contributed by atoms with Crippen LogP contribution in [0.4, 0.5) is 49.9 Å². The van der Waals surface area contributed by atoms with Gasteiger partial charge in [-0.3, -0.25) is 4.79 Å². The Kier molecular flexibility index (Phi) is 48.9. The number of methoxy groups -OCH3 is 2. The second-order valence-electron chi connectivity index (χ2n) is 33.0. The second kappa shape index (κ2) is 58.1. The normalized spacial score (nSPS) is 13.3. The van der Waals surface area contributed by atoms with Gasteiger partial charge in [0.15, 0.2) is 0 Å². The first-order valence-electron chi connectivity index (χ1n) is 44.5. The van der Waals surface area contributed by atoms with E-state index in [1.54, 1.807) is 55.7 Å². The summed E-state index contributed by atoms with van der Waals surface area (Å²) < 4.78 is 52.9. The number of nitrogens with zero attached hydrogens (tertiary/aromatic N) is 9. The largest absolute Gasteiger partial charge is 0.382 e. The molecule has 0 spiro atoms. The number of amides is 1. The average molecular weight is 2380 g/mol. The van der Waals surface area contributed by atoms with Gasteiger partial charge in [0.05, 0.1) is 76.8 Å². The Morgan fingerprint density at radius 1 is 0.464 bits per heavy atom. The summed E-state index contributed by atoms with van der Waals surface area (Å²) in [7, 11) is 2.89. The summed E-state index contributed by atoms with van der Waals surface area (Å²) in [4.78, 5) is 85.5. The van der Waals surface area contributed by atoms with Crippen molar-refractivity contribution in [2.75, 3.05) is 120 Å². The number of rotatable bonds is 17. The maximum Gasteiger partial charge on any atom is 0.254 e. The number of halogens is 7. The number of nitrogens with two attached hydrogens (primary N) is 1. The minimum Gasteiger partial charge on any atom is -0.382 e. The van der Waals surface area contributed by atoms with Gasteiger partial charge < -0.3 is 65.2 Å². The summed E-state index contributed by atoms with van der Waals surface area (Å²) in [6.07, 6.45) is 5.64. The van der Waals surface area contributed by atoms with Crippen LogP contribution in [0.3, 0.4) is 0 Å². The van der Waals surface area contributed by atoms with Gasteiger partial charge in [0.25, 0.3) is 5.91 Å². The number of piperidine rings is 3. The zero-order valence-electron chi connectivity index (χ0n) is 80.9. The van der Waals surface area contributed by atoms with Crippen LogP contribution in [-0.4, -0.2) is 178 Å². The van der Waals surface area contributed by atoms with Gasteiger partial charge in [0.2, 0.25) is 15.7 Å². The molecule has 14 rings (SSSR count). The molecule has 0 aliphatic carbocycles. The number of thiol groups is 1. The van der Waals surface area contributed by atoms with E-state index >= 15 is 0 Å². The van der Waals surface area contributed by atoms with E-state index in [4.69, 9.17) is 31.4 Å². The molecule has 4 aliphatic rings. The Labute approximate surface area is 884 Å². The molecule has 10 aromatic carbocycles. The maximum absolute atomic E-state index is 14.4. The number of ether oxygens (including phenoxy) is 2. The molecule has 0 unspecified atom stereocenters. The van der Waals surface area contributed by atoms with Gasteiger partial charge in [0, 0.05) is 121 Å². The molecule has 4 fully saturated rings. The Bertz CT molecular complexity index is 6260. The van der Waals surface area contributed by atoms with Crippen LogP contribution < -0.4 is 40.7 Å². The SMILES string of the molecule is BrB(Br)Br.CI.COC(=O)c1c(C)ccc(Br)c1C.COC(=O)c1c(C)ccc(NC2CCN(c3ccccc3C#N)CC2)c1C.Cc1ccc(Br)c(C)c1C(=O)O.Cc1ccc(NC2CCN(c3ccccc3C#N)CC2)c(C)c1C(=O)O.Cc1cccc(C)c1C(=O)O.[B]=NS.[C-]#[N+]c1ccccc1N1CCC(Nc2ccc(C)c(C(=O)N3CCN(c4cccc(F)c4S(N)(=O)=O)CC3)c2C)CC1. The van der Waals surface area contributed by atoms with Crippen molar-refractivity contribution in [2.24, 2.45) is 9.44 Å². The number of piperazine rings is 1. The van der Waals surface area contributed by atoms with Crippen LogP contribution in [-0.2, 0) is 19.5 Å². The molecule has 8 N–H and O–H groups in total. The second-order valence-corrected chi connectivity index (χ2v) is 42.9. The van der Waals surface area contributed by atoms with Crippen molar-refractivity contribution in [1.82, 2.24) is 4.90 Å². The number of carbonyl (C=O) groups is 6.